The SMILES string of the molecule is Cc1cccc(C2CCNc3ncnn32)c1. The lowest BCUT2D eigenvalue weighted by Crippen LogP contribution is -2.24. The molecule has 1 N–H and O–H groups in total. The maximum Gasteiger partial charge on any atom is 0.221 e. The Balaban J connectivity index is 2.04. The van der Waals surface area contributed by atoms with Crippen LogP contribution in [-0.4, -0.2) is 21.3 Å². The lowest BCUT2D eigenvalue weighted by Gasteiger charge is -2.24. The number of nitrogens with zero attached hydrogens (tertiary/aromatic N) is 3. The molecule has 3 rings (SSSR count). The van der Waals surface area contributed by atoms with Crippen LogP contribution in [0.15, 0.2) is 30.6 Å². The number of aromatic nitrogens is 3. The van der Waals surface area contributed by atoms with Crippen molar-refractivity contribution in [3.8, 4) is 0 Å². The second-order valence-electron chi connectivity index (χ2n) is 4.17. The molecular weight excluding hydrogens is 200 g/mol. The highest BCUT2D eigenvalue weighted by Gasteiger charge is 2.22. The molecule has 1 atom stereocenters. The van der Waals surface area contributed by atoms with Crippen LogP contribution in [0.5, 0.6) is 0 Å². The van der Waals surface area contributed by atoms with Crippen molar-refractivity contribution < 1.29 is 0 Å². The third-order valence-electron chi connectivity index (χ3n) is 3.00. The maximum absolute atomic E-state index is 4.29. The van der Waals surface area contributed by atoms with Gasteiger partial charge in [-0.05, 0) is 18.9 Å². The zero-order valence-electron chi connectivity index (χ0n) is 9.22. The molecule has 82 valence electrons. The van der Waals surface area contributed by atoms with E-state index in [9.17, 15) is 0 Å². The highest BCUT2D eigenvalue weighted by Crippen LogP contribution is 2.27. The molecule has 1 aliphatic heterocycles. The van der Waals surface area contributed by atoms with E-state index in [2.05, 4.69) is 46.6 Å². The minimum atomic E-state index is 0.318. The first-order chi connectivity index (χ1) is 7.84. The van der Waals surface area contributed by atoms with Gasteiger partial charge in [0.2, 0.25) is 5.95 Å². The minimum Gasteiger partial charge on any atom is -0.354 e. The summed E-state index contributed by atoms with van der Waals surface area (Å²) in [5.74, 6) is 0.873. The molecule has 4 nitrogen and oxygen atoms in total. The van der Waals surface area contributed by atoms with E-state index in [1.165, 1.54) is 11.1 Å². The van der Waals surface area contributed by atoms with Crippen LogP contribution in [0.1, 0.15) is 23.6 Å². The Hall–Kier alpha value is -1.84. The lowest BCUT2D eigenvalue weighted by molar-refractivity contribution is 0.480. The van der Waals surface area contributed by atoms with Gasteiger partial charge in [-0.25, -0.2) is 4.68 Å². The van der Waals surface area contributed by atoms with Gasteiger partial charge in [0.25, 0.3) is 0 Å². The van der Waals surface area contributed by atoms with Gasteiger partial charge in [0.15, 0.2) is 0 Å². The monoisotopic (exact) mass is 214 g/mol. The van der Waals surface area contributed by atoms with Crippen molar-refractivity contribution in [3.63, 3.8) is 0 Å². The zero-order chi connectivity index (χ0) is 11.0. The molecule has 0 saturated carbocycles. The lowest BCUT2D eigenvalue weighted by atomic mass is 10.0. The van der Waals surface area contributed by atoms with Crippen LogP contribution in [0.25, 0.3) is 0 Å². The van der Waals surface area contributed by atoms with Gasteiger partial charge in [0, 0.05) is 6.54 Å². The van der Waals surface area contributed by atoms with E-state index in [0.717, 1.165) is 18.9 Å². The van der Waals surface area contributed by atoms with Crippen LogP contribution in [0, 0.1) is 6.92 Å². The Kier molecular flexibility index (Phi) is 2.13. The first-order valence-electron chi connectivity index (χ1n) is 5.54. The molecule has 0 bridgehead atoms. The number of anilines is 1. The number of fused-ring (bicyclic) bond motifs is 1. The number of benzene rings is 1. The second kappa shape index (κ2) is 3.63. The fourth-order valence-corrected chi connectivity index (χ4v) is 2.23. The molecule has 1 aromatic carbocycles. The van der Waals surface area contributed by atoms with Crippen molar-refractivity contribution in [2.75, 3.05) is 11.9 Å². The van der Waals surface area contributed by atoms with E-state index in [0.29, 0.717) is 6.04 Å². The summed E-state index contributed by atoms with van der Waals surface area (Å²) < 4.78 is 1.97. The number of hydrogen-bond donors (Lipinski definition) is 1. The van der Waals surface area contributed by atoms with E-state index in [1.807, 2.05) is 4.68 Å². The molecule has 4 heteroatoms. The Morgan fingerprint density at radius 1 is 1.44 bits per heavy atom. The highest BCUT2D eigenvalue weighted by atomic mass is 15.4. The summed E-state index contributed by atoms with van der Waals surface area (Å²) in [5.41, 5.74) is 2.60. The summed E-state index contributed by atoms with van der Waals surface area (Å²) in [4.78, 5) is 4.20. The summed E-state index contributed by atoms with van der Waals surface area (Å²) in [5, 5.41) is 7.53. The Labute approximate surface area is 94.3 Å². The first kappa shape index (κ1) is 9.39. The van der Waals surface area contributed by atoms with Gasteiger partial charge in [0.05, 0.1) is 6.04 Å². The fourth-order valence-electron chi connectivity index (χ4n) is 2.23. The predicted octanol–water partition coefficient (Wildman–Crippen LogP) is 1.99. The molecule has 2 aromatic rings. The van der Waals surface area contributed by atoms with Crippen molar-refractivity contribution in [1.82, 2.24) is 14.8 Å². The fraction of sp³-hybridized carbons (Fsp3) is 0.333. The summed E-state index contributed by atoms with van der Waals surface area (Å²) in [7, 11) is 0. The van der Waals surface area contributed by atoms with Crippen molar-refractivity contribution in [2.24, 2.45) is 0 Å². The molecule has 1 aliphatic rings. The quantitative estimate of drug-likeness (QED) is 0.789. The number of hydrogen-bond acceptors (Lipinski definition) is 3. The highest BCUT2D eigenvalue weighted by molar-refractivity contribution is 5.33. The molecular formula is C12H14N4. The summed E-state index contributed by atoms with van der Waals surface area (Å²) in [6.07, 6.45) is 2.66. The summed E-state index contributed by atoms with van der Waals surface area (Å²) in [6, 6.07) is 8.92. The molecule has 0 spiro atoms. The molecule has 0 radical (unpaired) electrons. The van der Waals surface area contributed by atoms with Crippen LogP contribution in [-0.2, 0) is 0 Å². The largest absolute Gasteiger partial charge is 0.354 e. The second-order valence-corrected chi connectivity index (χ2v) is 4.17. The van der Waals surface area contributed by atoms with Crippen molar-refractivity contribution in [3.05, 3.63) is 41.7 Å². The number of nitrogens with one attached hydrogen (secondary N) is 1. The molecule has 1 aromatic heterocycles. The van der Waals surface area contributed by atoms with Crippen LogP contribution < -0.4 is 5.32 Å². The number of rotatable bonds is 1. The molecule has 0 amide bonds. The van der Waals surface area contributed by atoms with Crippen molar-refractivity contribution in [1.29, 1.82) is 0 Å². The maximum atomic E-state index is 4.29. The van der Waals surface area contributed by atoms with Crippen LogP contribution >= 0.6 is 0 Å². The van der Waals surface area contributed by atoms with Gasteiger partial charge in [-0.1, -0.05) is 29.8 Å². The van der Waals surface area contributed by atoms with Crippen molar-refractivity contribution in [2.45, 2.75) is 19.4 Å². The van der Waals surface area contributed by atoms with E-state index in [1.54, 1.807) is 6.33 Å². The predicted molar refractivity (Wildman–Crippen MR) is 62.4 cm³/mol. The van der Waals surface area contributed by atoms with Gasteiger partial charge in [-0.2, -0.15) is 10.1 Å². The molecule has 16 heavy (non-hydrogen) atoms. The Morgan fingerprint density at radius 2 is 2.38 bits per heavy atom. The average molecular weight is 214 g/mol. The van der Waals surface area contributed by atoms with Gasteiger partial charge >= 0.3 is 0 Å². The van der Waals surface area contributed by atoms with Gasteiger partial charge in [0.1, 0.15) is 6.33 Å². The summed E-state index contributed by atoms with van der Waals surface area (Å²) in [6.45, 7) is 3.07. The van der Waals surface area contributed by atoms with Gasteiger partial charge in [-0.3, -0.25) is 0 Å². The minimum absolute atomic E-state index is 0.318. The topological polar surface area (TPSA) is 42.7 Å². The van der Waals surface area contributed by atoms with Crippen LogP contribution in [0.3, 0.4) is 0 Å². The third-order valence-corrected chi connectivity index (χ3v) is 3.00. The molecule has 1 unspecified atom stereocenters. The summed E-state index contributed by atoms with van der Waals surface area (Å²) >= 11 is 0. The van der Waals surface area contributed by atoms with E-state index in [-0.39, 0.29) is 0 Å². The first-order valence-corrected chi connectivity index (χ1v) is 5.54. The average Bonchev–Trinajstić information content (AvgIpc) is 2.76. The Morgan fingerprint density at radius 3 is 3.25 bits per heavy atom. The van der Waals surface area contributed by atoms with Crippen LogP contribution in [0.2, 0.25) is 0 Å². The molecule has 2 heterocycles. The molecule has 0 aliphatic carbocycles. The normalized spacial score (nSPS) is 18.9. The van der Waals surface area contributed by atoms with E-state index < -0.39 is 0 Å². The molecule has 0 fully saturated rings. The van der Waals surface area contributed by atoms with Gasteiger partial charge < -0.3 is 5.32 Å². The van der Waals surface area contributed by atoms with Crippen molar-refractivity contribution >= 4 is 5.95 Å². The Bertz CT molecular complexity index is 503. The standard InChI is InChI=1S/C12H14N4/c1-9-3-2-4-10(7-9)11-5-6-13-12-14-8-15-16(11)12/h2-4,7-8,11H,5-6H2,1H3,(H,13,14,15). The van der Waals surface area contributed by atoms with Gasteiger partial charge in [-0.15, -0.1) is 0 Å². The number of aryl methyl sites for hydroxylation is 1. The van der Waals surface area contributed by atoms with E-state index >= 15 is 0 Å². The van der Waals surface area contributed by atoms with Crippen LogP contribution in [0.4, 0.5) is 5.95 Å². The van der Waals surface area contributed by atoms with E-state index in [4.69, 9.17) is 0 Å². The smallest absolute Gasteiger partial charge is 0.221 e. The molecule has 0 saturated heterocycles. The third kappa shape index (κ3) is 1.46. The zero-order valence-corrected chi connectivity index (χ0v) is 9.22.